The second kappa shape index (κ2) is 6.58. The number of aromatic nitrogens is 1. The fourth-order valence-corrected chi connectivity index (χ4v) is 3.27. The van der Waals surface area contributed by atoms with Gasteiger partial charge in [0.05, 0.1) is 0 Å². The summed E-state index contributed by atoms with van der Waals surface area (Å²) in [7, 11) is 0. The molecule has 21 heavy (non-hydrogen) atoms. The van der Waals surface area contributed by atoms with Gasteiger partial charge in [-0.3, -0.25) is 0 Å². The number of hydrogen-bond acceptors (Lipinski definition) is 6. The van der Waals surface area contributed by atoms with E-state index in [1.54, 1.807) is 5.06 Å². The minimum Gasteiger partial charge on any atom is -0.396 e. The van der Waals surface area contributed by atoms with Gasteiger partial charge in [-0.2, -0.15) is 0 Å². The molecule has 6 nitrogen and oxygen atoms in total. The van der Waals surface area contributed by atoms with Crippen molar-refractivity contribution in [3.05, 3.63) is 11.8 Å². The molecule has 2 fully saturated rings. The third kappa shape index (κ3) is 3.27. The molecule has 0 radical (unpaired) electrons. The maximum atomic E-state index is 10.9. The number of rotatable bonds is 5. The first kappa shape index (κ1) is 14.5. The predicted molar refractivity (Wildman–Crippen MR) is 74.7 cm³/mol. The quantitative estimate of drug-likeness (QED) is 0.836. The predicted octanol–water partition coefficient (Wildman–Crippen LogP) is 1.90. The molecule has 1 N–H and O–H groups in total. The Bertz CT molecular complexity index is 468. The first-order chi connectivity index (χ1) is 10.3. The zero-order valence-electron chi connectivity index (χ0n) is 12.1. The van der Waals surface area contributed by atoms with E-state index >= 15 is 0 Å². The highest BCUT2D eigenvalue weighted by Gasteiger charge is 2.28. The lowest BCUT2D eigenvalue weighted by atomic mass is 9.81. The average molecular weight is 294 g/mol. The van der Waals surface area contributed by atoms with Crippen molar-refractivity contribution in [1.29, 1.82) is 0 Å². The minimum absolute atomic E-state index is 0.176. The van der Waals surface area contributed by atoms with Crippen LogP contribution in [0.1, 0.15) is 50.2 Å². The summed E-state index contributed by atoms with van der Waals surface area (Å²) in [6.07, 6.45) is 6.79. The molecule has 0 unspecified atom stereocenters. The Hall–Kier alpha value is -1.40. The number of aliphatic hydroxyl groups is 1. The lowest BCUT2D eigenvalue weighted by molar-refractivity contribution is -0.125. The third-order valence-corrected chi connectivity index (χ3v) is 4.63. The molecule has 2 heterocycles. The van der Waals surface area contributed by atoms with Gasteiger partial charge in [0, 0.05) is 25.1 Å². The molecular weight excluding hydrogens is 272 g/mol. The van der Waals surface area contributed by atoms with Crippen LogP contribution in [0.2, 0.25) is 0 Å². The van der Waals surface area contributed by atoms with Crippen LogP contribution in [0.15, 0.2) is 10.6 Å². The monoisotopic (exact) mass is 294 g/mol. The molecule has 1 aliphatic heterocycles. The summed E-state index contributed by atoms with van der Waals surface area (Å²) in [5, 5.41) is 14.8. The number of carbonyl (C=O) groups excluding carboxylic acids is 1. The van der Waals surface area contributed by atoms with Gasteiger partial charge >= 0.3 is 0 Å². The van der Waals surface area contributed by atoms with Gasteiger partial charge in [0.15, 0.2) is 0 Å². The van der Waals surface area contributed by atoms with Crippen LogP contribution in [0.3, 0.4) is 0 Å². The van der Waals surface area contributed by atoms with Crippen LogP contribution in [0.25, 0.3) is 0 Å². The maximum Gasteiger partial charge on any atom is 0.277 e. The van der Waals surface area contributed by atoms with Crippen molar-refractivity contribution in [3.8, 4) is 5.88 Å². The first-order valence-corrected chi connectivity index (χ1v) is 7.77. The lowest BCUT2D eigenvalue weighted by Crippen LogP contribution is -2.33. The number of hydroxylamine groups is 2. The van der Waals surface area contributed by atoms with Crippen LogP contribution in [0.4, 0.5) is 0 Å². The number of nitrogens with zero attached hydrogens (tertiary/aromatic N) is 2. The van der Waals surface area contributed by atoms with Crippen LogP contribution >= 0.6 is 0 Å². The summed E-state index contributed by atoms with van der Waals surface area (Å²) in [4.78, 5) is 16.6. The summed E-state index contributed by atoms with van der Waals surface area (Å²) in [6.45, 7) is 1.02. The molecule has 0 aromatic carbocycles. The van der Waals surface area contributed by atoms with E-state index in [4.69, 9.17) is 14.5 Å². The van der Waals surface area contributed by atoms with Crippen molar-refractivity contribution in [1.82, 2.24) is 10.2 Å². The van der Waals surface area contributed by atoms with E-state index in [2.05, 4.69) is 5.16 Å². The SMILES string of the molecule is O=C[C@@H]1CCCN1Oc1cc(C2CCC(CO)CC2)on1. The topological polar surface area (TPSA) is 75.8 Å². The minimum atomic E-state index is -0.176. The van der Waals surface area contributed by atoms with Crippen LogP contribution in [0.5, 0.6) is 5.88 Å². The molecule has 2 aliphatic rings. The van der Waals surface area contributed by atoms with Crippen molar-refractivity contribution in [2.45, 2.75) is 50.5 Å². The normalized spacial score (nSPS) is 30.4. The van der Waals surface area contributed by atoms with Crippen molar-refractivity contribution < 1.29 is 19.3 Å². The molecule has 1 aromatic rings. The highest BCUT2D eigenvalue weighted by molar-refractivity contribution is 5.57. The highest BCUT2D eigenvalue weighted by atomic mass is 16.7. The van der Waals surface area contributed by atoms with E-state index in [1.165, 1.54) is 0 Å². The maximum absolute atomic E-state index is 10.9. The van der Waals surface area contributed by atoms with E-state index < -0.39 is 0 Å². The molecule has 116 valence electrons. The molecule has 0 amide bonds. The Kier molecular flexibility index (Phi) is 4.55. The van der Waals surface area contributed by atoms with Gasteiger partial charge in [-0.25, -0.2) is 0 Å². The molecule has 1 saturated heterocycles. The van der Waals surface area contributed by atoms with Crippen LogP contribution in [0, 0.1) is 5.92 Å². The van der Waals surface area contributed by atoms with Gasteiger partial charge < -0.3 is 19.3 Å². The first-order valence-electron chi connectivity index (χ1n) is 7.77. The van der Waals surface area contributed by atoms with E-state index in [-0.39, 0.29) is 12.6 Å². The average Bonchev–Trinajstić information content (AvgIpc) is 3.17. The summed E-state index contributed by atoms with van der Waals surface area (Å²) in [5.74, 6) is 2.07. The Morgan fingerprint density at radius 1 is 1.38 bits per heavy atom. The molecule has 1 atom stereocenters. The Balaban J connectivity index is 1.57. The lowest BCUT2D eigenvalue weighted by Gasteiger charge is -2.25. The summed E-state index contributed by atoms with van der Waals surface area (Å²) in [6, 6.07) is 1.66. The Morgan fingerprint density at radius 3 is 2.90 bits per heavy atom. The zero-order valence-corrected chi connectivity index (χ0v) is 12.1. The molecule has 6 heteroatoms. The number of hydrogen-bond donors (Lipinski definition) is 1. The van der Waals surface area contributed by atoms with Gasteiger partial charge in [-0.15, -0.1) is 5.06 Å². The molecule has 1 saturated carbocycles. The van der Waals surface area contributed by atoms with Gasteiger partial charge in [-0.1, -0.05) is 0 Å². The molecule has 0 bridgehead atoms. The van der Waals surface area contributed by atoms with Crippen molar-refractivity contribution in [3.63, 3.8) is 0 Å². The Labute approximate surface area is 124 Å². The highest BCUT2D eigenvalue weighted by Crippen LogP contribution is 2.36. The van der Waals surface area contributed by atoms with Crippen LogP contribution in [-0.4, -0.2) is 40.8 Å². The number of aliphatic hydroxyl groups excluding tert-OH is 1. The smallest absolute Gasteiger partial charge is 0.277 e. The van der Waals surface area contributed by atoms with Crippen molar-refractivity contribution in [2.75, 3.05) is 13.2 Å². The fourth-order valence-electron chi connectivity index (χ4n) is 3.27. The van der Waals surface area contributed by atoms with Gasteiger partial charge in [0.1, 0.15) is 18.1 Å². The van der Waals surface area contributed by atoms with Crippen molar-refractivity contribution >= 4 is 6.29 Å². The molecule has 1 aliphatic carbocycles. The number of aldehydes is 1. The molecule has 1 aromatic heterocycles. The third-order valence-electron chi connectivity index (χ3n) is 4.63. The summed E-state index contributed by atoms with van der Waals surface area (Å²) >= 11 is 0. The largest absolute Gasteiger partial charge is 0.396 e. The zero-order chi connectivity index (χ0) is 14.7. The Morgan fingerprint density at radius 2 is 2.19 bits per heavy atom. The van der Waals surface area contributed by atoms with Crippen molar-refractivity contribution in [2.24, 2.45) is 5.92 Å². The van der Waals surface area contributed by atoms with E-state index in [1.807, 2.05) is 6.07 Å². The summed E-state index contributed by atoms with van der Waals surface area (Å²) in [5.41, 5.74) is 0. The van der Waals surface area contributed by atoms with Gasteiger partial charge in [-0.05, 0) is 49.6 Å². The molecule has 0 spiro atoms. The second-order valence-electron chi connectivity index (χ2n) is 6.05. The van der Waals surface area contributed by atoms with Crippen LogP contribution < -0.4 is 4.84 Å². The molecule has 3 rings (SSSR count). The van der Waals surface area contributed by atoms with Gasteiger partial charge in [0.25, 0.3) is 5.88 Å². The summed E-state index contributed by atoms with van der Waals surface area (Å²) < 4.78 is 5.40. The second-order valence-corrected chi connectivity index (χ2v) is 6.05. The van der Waals surface area contributed by atoms with E-state index in [0.29, 0.717) is 17.7 Å². The fraction of sp³-hybridized carbons (Fsp3) is 0.733. The van der Waals surface area contributed by atoms with Gasteiger partial charge in [0.2, 0.25) is 0 Å². The van der Waals surface area contributed by atoms with E-state index in [0.717, 1.165) is 57.1 Å². The standard InChI is InChI=1S/C15H22N2O4/c18-9-11-3-5-12(6-4-11)14-8-15(16-20-14)21-17-7-1-2-13(17)10-19/h8,10-13,18H,1-7,9H2/t11?,12?,13-/m0/s1. The molecular formula is C15H22N2O4. The van der Waals surface area contributed by atoms with Crippen LogP contribution in [-0.2, 0) is 4.79 Å². The number of carbonyl (C=O) groups is 1. The van der Waals surface area contributed by atoms with E-state index in [9.17, 15) is 4.79 Å².